The van der Waals surface area contributed by atoms with Crippen LogP contribution < -0.4 is 5.73 Å². The zero-order chi connectivity index (χ0) is 13.1. The van der Waals surface area contributed by atoms with E-state index in [1.165, 1.54) is 12.2 Å². The molecule has 1 aromatic heterocycles. The standard InChI is InChI=1S/C14H17N3OS/c15-11(10-5-2-1-3-6-10)9-13-16-14(17-18-13)12-7-4-8-19-12/h1-3,5-6,11-12H,4,7-9,15H2. The van der Waals surface area contributed by atoms with E-state index in [0.717, 1.165) is 17.8 Å². The summed E-state index contributed by atoms with van der Waals surface area (Å²) in [4.78, 5) is 4.48. The Morgan fingerprint density at radius 3 is 2.95 bits per heavy atom. The van der Waals surface area contributed by atoms with Crippen molar-refractivity contribution >= 4 is 11.8 Å². The van der Waals surface area contributed by atoms with Gasteiger partial charge >= 0.3 is 0 Å². The number of aromatic nitrogens is 2. The summed E-state index contributed by atoms with van der Waals surface area (Å²) in [5, 5.41) is 4.49. The third kappa shape index (κ3) is 2.98. The van der Waals surface area contributed by atoms with Crippen molar-refractivity contribution in [3.05, 3.63) is 47.6 Å². The van der Waals surface area contributed by atoms with Gasteiger partial charge in [-0.25, -0.2) is 0 Å². The molecule has 0 amide bonds. The van der Waals surface area contributed by atoms with Crippen LogP contribution in [0.5, 0.6) is 0 Å². The number of hydrogen-bond donors (Lipinski definition) is 1. The van der Waals surface area contributed by atoms with Gasteiger partial charge in [0, 0.05) is 12.5 Å². The van der Waals surface area contributed by atoms with E-state index in [2.05, 4.69) is 10.1 Å². The van der Waals surface area contributed by atoms with E-state index in [1.54, 1.807) is 0 Å². The Balaban J connectivity index is 1.66. The third-order valence-corrected chi connectivity index (χ3v) is 4.70. The van der Waals surface area contributed by atoms with Crippen LogP contribution in [0.2, 0.25) is 0 Å². The van der Waals surface area contributed by atoms with E-state index in [-0.39, 0.29) is 6.04 Å². The Kier molecular flexibility index (Phi) is 3.84. The van der Waals surface area contributed by atoms with Crippen LogP contribution >= 0.6 is 11.8 Å². The van der Waals surface area contributed by atoms with Gasteiger partial charge in [-0.15, -0.1) is 0 Å². The molecule has 2 aromatic rings. The van der Waals surface area contributed by atoms with Gasteiger partial charge in [-0.05, 0) is 24.2 Å². The molecular weight excluding hydrogens is 258 g/mol. The van der Waals surface area contributed by atoms with Crippen LogP contribution in [0.1, 0.15) is 41.4 Å². The minimum Gasteiger partial charge on any atom is -0.339 e. The van der Waals surface area contributed by atoms with Crippen molar-refractivity contribution in [3.63, 3.8) is 0 Å². The second-order valence-electron chi connectivity index (χ2n) is 4.77. The molecule has 4 nitrogen and oxygen atoms in total. The predicted octanol–water partition coefficient (Wildman–Crippen LogP) is 2.88. The summed E-state index contributed by atoms with van der Waals surface area (Å²) in [5.41, 5.74) is 7.25. The van der Waals surface area contributed by atoms with Crippen LogP contribution in [0.25, 0.3) is 0 Å². The molecule has 2 atom stereocenters. The highest BCUT2D eigenvalue weighted by Crippen LogP contribution is 2.38. The average Bonchev–Trinajstić information content (AvgIpc) is 3.10. The Morgan fingerprint density at radius 2 is 2.21 bits per heavy atom. The molecule has 1 fully saturated rings. The van der Waals surface area contributed by atoms with Crippen LogP contribution in [0, 0.1) is 0 Å². The van der Waals surface area contributed by atoms with Crippen LogP contribution in [-0.4, -0.2) is 15.9 Å². The second kappa shape index (κ2) is 5.75. The number of nitrogens with zero attached hydrogens (tertiary/aromatic N) is 2. The monoisotopic (exact) mass is 275 g/mol. The quantitative estimate of drug-likeness (QED) is 0.929. The Labute approximate surface area is 116 Å². The highest BCUT2D eigenvalue weighted by molar-refractivity contribution is 7.99. The van der Waals surface area contributed by atoms with E-state index < -0.39 is 0 Å². The number of nitrogens with two attached hydrogens (primary N) is 1. The summed E-state index contributed by atoms with van der Waals surface area (Å²) in [5.74, 6) is 2.66. The Bertz CT molecular complexity index is 522. The molecule has 0 spiro atoms. The summed E-state index contributed by atoms with van der Waals surface area (Å²) < 4.78 is 5.31. The van der Waals surface area contributed by atoms with E-state index in [4.69, 9.17) is 10.3 Å². The summed E-state index contributed by atoms with van der Waals surface area (Å²) in [6.07, 6.45) is 2.98. The fraction of sp³-hybridized carbons (Fsp3) is 0.429. The van der Waals surface area contributed by atoms with E-state index in [0.29, 0.717) is 17.6 Å². The number of hydrogen-bond acceptors (Lipinski definition) is 5. The maximum Gasteiger partial charge on any atom is 0.228 e. The first kappa shape index (κ1) is 12.7. The van der Waals surface area contributed by atoms with Gasteiger partial charge < -0.3 is 10.3 Å². The zero-order valence-electron chi connectivity index (χ0n) is 10.7. The smallest absolute Gasteiger partial charge is 0.228 e. The van der Waals surface area contributed by atoms with Gasteiger partial charge in [-0.1, -0.05) is 35.5 Å². The lowest BCUT2D eigenvalue weighted by Gasteiger charge is -2.08. The van der Waals surface area contributed by atoms with Crippen molar-refractivity contribution in [1.82, 2.24) is 10.1 Å². The van der Waals surface area contributed by atoms with Gasteiger partial charge in [0.15, 0.2) is 5.82 Å². The maximum absolute atomic E-state index is 6.16. The summed E-state index contributed by atoms with van der Waals surface area (Å²) >= 11 is 1.91. The molecule has 0 aliphatic carbocycles. The minimum atomic E-state index is -0.0919. The maximum atomic E-state index is 6.16. The zero-order valence-corrected chi connectivity index (χ0v) is 11.5. The molecule has 5 heteroatoms. The topological polar surface area (TPSA) is 64.9 Å². The van der Waals surface area contributed by atoms with E-state index >= 15 is 0 Å². The van der Waals surface area contributed by atoms with Gasteiger partial charge in [-0.3, -0.25) is 0 Å². The average molecular weight is 275 g/mol. The lowest BCUT2D eigenvalue weighted by Crippen LogP contribution is -2.13. The van der Waals surface area contributed by atoms with Crippen molar-refractivity contribution in [2.75, 3.05) is 5.75 Å². The molecule has 100 valence electrons. The summed E-state index contributed by atoms with van der Waals surface area (Å²) in [6, 6.07) is 9.92. The van der Waals surface area contributed by atoms with Crippen molar-refractivity contribution in [2.45, 2.75) is 30.6 Å². The highest BCUT2D eigenvalue weighted by atomic mass is 32.2. The number of benzene rings is 1. The predicted molar refractivity (Wildman–Crippen MR) is 75.8 cm³/mol. The van der Waals surface area contributed by atoms with Gasteiger partial charge in [0.2, 0.25) is 5.89 Å². The first-order chi connectivity index (χ1) is 9.33. The molecule has 1 aliphatic heterocycles. The van der Waals surface area contributed by atoms with Crippen LogP contribution in [0.15, 0.2) is 34.9 Å². The van der Waals surface area contributed by atoms with E-state index in [1.807, 2.05) is 42.1 Å². The molecule has 0 radical (unpaired) electrons. The Hall–Kier alpha value is -1.33. The summed E-state index contributed by atoms with van der Waals surface area (Å²) in [7, 11) is 0. The van der Waals surface area contributed by atoms with Gasteiger partial charge in [0.05, 0.1) is 5.25 Å². The fourth-order valence-corrected chi connectivity index (χ4v) is 3.47. The molecule has 2 N–H and O–H groups in total. The number of thioether (sulfide) groups is 1. The first-order valence-corrected chi connectivity index (χ1v) is 7.62. The van der Waals surface area contributed by atoms with Crippen molar-refractivity contribution in [2.24, 2.45) is 5.73 Å². The largest absolute Gasteiger partial charge is 0.339 e. The summed E-state index contributed by atoms with van der Waals surface area (Å²) in [6.45, 7) is 0. The Morgan fingerprint density at radius 1 is 1.37 bits per heavy atom. The third-order valence-electron chi connectivity index (χ3n) is 3.32. The molecule has 1 aliphatic rings. The highest BCUT2D eigenvalue weighted by Gasteiger charge is 2.23. The lowest BCUT2D eigenvalue weighted by molar-refractivity contribution is 0.364. The van der Waals surface area contributed by atoms with Gasteiger partial charge in [-0.2, -0.15) is 16.7 Å². The number of rotatable bonds is 4. The molecule has 1 aromatic carbocycles. The second-order valence-corrected chi connectivity index (χ2v) is 6.08. The molecule has 1 saturated heterocycles. The molecular formula is C14H17N3OS. The van der Waals surface area contributed by atoms with Crippen LogP contribution in [0.3, 0.4) is 0 Å². The molecule has 0 saturated carbocycles. The van der Waals surface area contributed by atoms with Crippen molar-refractivity contribution in [1.29, 1.82) is 0 Å². The van der Waals surface area contributed by atoms with Crippen LogP contribution in [0.4, 0.5) is 0 Å². The normalized spacial score (nSPS) is 20.6. The van der Waals surface area contributed by atoms with Crippen LogP contribution in [-0.2, 0) is 6.42 Å². The fourth-order valence-electron chi connectivity index (χ4n) is 2.27. The van der Waals surface area contributed by atoms with Crippen molar-refractivity contribution < 1.29 is 4.52 Å². The molecule has 0 bridgehead atoms. The first-order valence-electron chi connectivity index (χ1n) is 6.57. The molecule has 2 unspecified atom stereocenters. The molecule has 2 heterocycles. The molecule has 19 heavy (non-hydrogen) atoms. The SMILES string of the molecule is NC(Cc1nc(C2CCCS2)no1)c1ccccc1. The van der Waals surface area contributed by atoms with Crippen molar-refractivity contribution in [3.8, 4) is 0 Å². The van der Waals surface area contributed by atoms with Gasteiger partial charge in [0.25, 0.3) is 0 Å². The molecule has 3 rings (SSSR count). The minimum absolute atomic E-state index is 0.0919. The lowest BCUT2D eigenvalue weighted by atomic mass is 10.1. The van der Waals surface area contributed by atoms with E-state index in [9.17, 15) is 0 Å². The van der Waals surface area contributed by atoms with Gasteiger partial charge in [0.1, 0.15) is 0 Å².